The molecule has 0 radical (unpaired) electrons. The molecule has 2 rings (SSSR count). The zero-order valence-corrected chi connectivity index (χ0v) is 15.5. The number of aryl methyl sites for hydroxylation is 1. The molecule has 0 unspecified atom stereocenters. The van der Waals surface area contributed by atoms with E-state index < -0.39 is 0 Å². The van der Waals surface area contributed by atoms with Gasteiger partial charge in [0, 0.05) is 61.8 Å². The van der Waals surface area contributed by atoms with E-state index in [-0.39, 0.29) is 39.0 Å². The molecule has 5 heteroatoms. The van der Waals surface area contributed by atoms with Crippen molar-refractivity contribution in [3.05, 3.63) is 36.2 Å². The molecule has 0 fully saturated rings. The fourth-order valence-corrected chi connectivity index (χ4v) is 1.52. The number of nitrogens with one attached hydrogen (secondary N) is 1. The van der Waals surface area contributed by atoms with E-state index in [1.807, 2.05) is 31.3 Å². The maximum absolute atomic E-state index is 4.44. The molecule has 2 nitrogen and oxygen atoms in total. The molecule has 1 N–H and O–H groups in total. The summed E-state index contributed by atoms with van der Waals surface area (Å²) in [4.78, 5) is 8.23. The van der Waals surface area contributed by atoms with Gasteiger partial charge in [-0.25, -0.2) is 4.98 Å². The van der Waals surface area contributed by atoms with Crippen molar-refractivity contribution >= 4 is 12.6 Å². The predicted octanol–water partition coefficient (Wildman–Crippen LogP) is 2.67. The van der Waals surface area contributed by atoms with Gasteiger partial charge in [-0.05, 0) is 12.5 Å². The van der Waals surface area contributed by atoms with Crippen molar-refractivity contribution < 1.29 is 39.0 Å². The predicted molar refractivity (Wildman–Crippen MR) is 56.0 cm³/mol. The molecule has 70 valence electrons. The molecular weight excluding hydrogens is 311 g/mol. The summed E-state index contributed by atoms with van der Waals surface area (Å²) >= 11 is 4.44. The zero-order valence-electron chi connectivity index (χ0n) is 8.70. The minimum atomic E-state index is 0. The van der Waals surface area contributed by atoms with Crippen LogP contribution in [0.25, 0.3) is 11.4 Å². The van der Waals surface area contributed by atoms with Crippen LogP contribution in [0.3, 0.4) is 0 Å². The molecule has 0 bridgehead atoms. The summed E-state index contributed by atoms with van der Waals surface area (Å²) in [5, 5.41) is 0. The van der Waals surface area contributed by atoms with Crippen LogP contribution in [0.15, 0.2) is 35.5 Å². The van der Waals surface area contributed by atoms with Gasteiger partial charge in [-0.2, -0.15) is 0 Å². The molecule has 0 amide bonds. The zero-order chi connectivity index (χ0) is 9.26. The van der Waals surface area contributed by atoms with Crippen molar-refractivity contribution in [3.63, 3.8) is 0 Å². The minimum Gasteiger partial charge on any atom is -0.345 e. The van der Waals surface area contributed by atoms with Crippen molar-refractivity contribution in [1.82, 2.24) is 9.97 Å². The first-order valence-electron chi connectivity index (χ1n) is 4.07. The van der Waals surface area contributed by atoms with E-state index >= 15 is 0 Å². The van der Waals surface area contributed by atoms with Crippen LogP contribution in [0.1, 0.15) is 5.56 Å². The van der Waals surface area contributed by atoms with Crippen LogP contribution in [-0.2, 0) is 39.0 Å². The largest absolute Gasteiger partial charge is 0.345 e. The molecule has 0 saturated heterocycles. The van der Waals surface area contributed by atoms with Crippen LogP contribution >= 0.6 is 12.6 Å². The van der Waals surface area contributed by atoms with Crippen LogP contribution in [0, 0.1) is 6.92 Å². The van der Waals surface area contributed by atoms with E-state index in [1.165, 1.54) is 0 Å². The van der Waals surface area contributed by atoms with Gasteiger partial charge in [0.25, 0.3) is 0 Å². The van der Waals surface area contributed by atoms with Gasteiger partial charge >= 0.3 is 0 Å². The van der Waals surface area contributed by atoms with Crippen LogP contribution in [0.4, 0.5) is 0 Å². The first-order valence-corrected chi connectivity index (χ1v) is 4.52. The van der Waals surface area contributed by atoms with Crippen LogP contribution in [0.5, 0.6) is 0 Å². The van der Waals surface area contributed by atoms with Crippen molar-refractivity contribution in [2.75, 3.05) is 0 Å². The summed E-state index contributed by atoms with van der Waals surface area (Å²) in [6.45, 7) is 2.04. The summed E-state index contributed by atoms with van der Waals surface area (Å²) in [6.07, 6.45) is 3.55. The third-order valence-corrected chi connectivity index (χ3v) is 2.58. The maximum Gasteiger partial charge on any atom is 0.138 e. The number of imidazole rings is 1. The molecule has 0 spiro atoms. The van der Waals surface area contributed by atoms with E-state index in [0.717, 1.165) is 21.8 Å². The van der Waals surface area contributed by atoms with Gasteiger partial charge in [0.05, 0.1) is 0 Å². The quantitative estimate of drug-likeness (QED) is 0.614. The van der Waals surface area contributed by atoms with Crippen LogP contribution in [-0.4, -0.2) is 9.97 Å². The van der Waals surface area contributed by atoms with Crippen molar-refractivity contribution in [2.24, 2.45) is 0 Å². The number of hydrogen-bond acceptors (Lipinski definition) is 2. The standard InChI is InChI=1S/C10H10N2S.2Zn/c1-7-3-2-4-8(9(7)13)10-11-5-6-12-10;;/h2-6,13H,1H3,(H,11,12);;. The molecule has 2 aromatic rings. The fraction of sp³-hybridized carbons (Fsp3) is 0.100. The Hall–Kier alpha value is 0.0268. The minimum absolute atomic E-state index is 0. The molecule has 15 heavy (non-hydrogen) atoms. The Morgan fingerprint density at radius 2 is 2.00 bits per heavy atom. The number of benzene rings is 1. The first-order chi connectivity index (χ1) is 6.29. The normalized spacial score (nSPS) is 8.93. The second-order valence-corrected chi connectivity index (χ2v) is 3.36. The van der Waals surface area contributed by atoms with Gasteiger partial charge in [-0.15, -0.1) is 12.6 Å². The Kier molecular flexibility index (Phi) is 6.59. The molecule has 1 aromatic carbocycles. The number of H-pyrrole nitrogens is 1. The van der Waals surface area contributed by atoms with Crippen molar-refractivity contribution in [1.29, 1.82) is 0 Å². The number of aromatic amines is 1. The summed E-state index contributed by atoms with van der Waals surface area (Å²) < 4.78 is 0. The second-order valence-electron chi connectivity index (χ2n) is 2.91. The number of hydrogen-bond donors (Lipinski definition) is 2. The Labute approximate surface area is 120 Å². The molecule has 0 aliphatic heterocycles. The van der Waals surface area contributed by atoms with Gasteiger partial charge in [0.1, 0.15) is 5.82 Å². The van der Waals surface area contributed by atoms with Gasteiger partial charge in [-0.1, -0.05) is 18.2 Å². The van der Waals surface area contributed by atoms with E-state index in [2.05, 4.69) is 22.6 Å². The van der Waals surface area contributed by atoms with Crippen LogP contribution < -0.4 is 0 Å². The van der Waals surface area contributed by atoms with Gasteiger partial charge in [0.2, 0.25) is 0 Å². The summed E-state index contributed by atoms with van der Waals surface area (Å²) in [6, 6.07) is 6.05. The average Bonchev–Trinajstić information content (AvgIpc) is 2.62. The number of aromatic nitrogens is 2. The van der Waals surface area contributed by atoms with Crippen molar-refractivity contribution in [3.8, 4) is 11.4 Å². The Morgan fingerprint density at radius 3 is 2.60 bits per heavy atom. The molecular formula is C10H10N2SZn2. The second kappa shape index (κ2) is 6.58. The maximum atomic E-state index is 4.44. The Bertz CT molecular complexity index is 415. The van der Waals surface area contributed by atoms with Crippen molar-refractivity contribution in [2.45, 2.75) is 11.8 Å². The van der Waals surface area contributed by atoms with E-state index in [9.17, 15) is 0 Å². The summed E-state index contributed by atoms with van der Waals surface area (Å²) in [7, 11) is 0. The average molecular weight is 321 g/mol. The van der Waals surface area contributed by atoms with E-state index in [1.54, 1.807) is 6.20 Å². The van der Waals surface area contributed by atoms with Gasteiger partial charge in [-0.3, -0.25) is 0 Å². The number of nitrogens with zero attached hydrogens (tertiary/aromatic N) is 1. The molecule has 0 saturated carbocycles. The molecule has 0 aliphatic rings. The molecule has 0 atom stereocenters. The number of rotatable bonds is 1. The number of thiol groups is 1. The third-order valence-electron chi connectivity index (χ3n) is 1.99. The molecule has 1 heterocycles. The smallest absolute Gasteiger partial charge is 0.138 e. The summed E-state index contributed by atoms with van der Waals surface area (Å²) in [5.74, 6) is 0.869. The topological polar surface area (TPSA) is 28.7 Å². The SMILES string of the molecule is Cc1cccc(-c2ncc[nH]2)c1S.[Zn].[Zn]. The Balaban J connectivity index is 0.000000980. The first kappa shape index (κ1) is 15.0. The third kappa shape index (κ3) is 3.24. The summed E-state index contributed by atoms with van der Waals surface area (Å²) in [5.41, 5.74) is 2.21. The Morgan fingerprint density at radius 1 is 1.27 bits per heavy atom. The van der Waals surface area contributed by atoms with Crippen LogP contribution in [0.2, 0.25) is 0 Å². The molecule has 0 aliphatic carbocycles. The van der Waals surface area contributed by atoms with E-state index in [4.69, 9.17) is 0 Å². The van der Waals surface area contributed by atoms with Gasteiger partial charge in [0.15, 0.2) is 0 Å². The van der Waals surface area contributed by atoms with Gasteiger partial charge < -0.3 is 4.98 Å². The van der Waals surface area contributed by atoms with E-state index in [0.29, 0.717) is 0 Å². The molecule has 1 aromatic heterocycles. The fourth-order valence-electron chi connectivity index (χ4n) is 1.26. The monoisotopic (exact) mass is 318 g/mol.